The third-order valence-electron chi connectivity index (χ3n) is 5.71. The molecule has 0 aromatic carbocycles. The van der Waals surface area contributed by atoms with Crippen molar-refractivity contribution in [1.29, 1.82) is 0 Å². The lowest BCUT2D eigenvalue weighted by Gasteiger charge is -2.49. The van der Waals surface area contributed by atoms with Crippen molar-refractivity contribution in [1.82, 2.24) is 10.2 Å². The van der Waals surface area contributed by atoms with Crippen LogP contribution in [0.25, 0.3) is 0 Å². The van der Waals surface area contributed by atoms with Gasteiger partial charge in [-0.15, -0.1) is 0 Å². The highest BCUT2D eigenvalue weighted by Gasteiger charge is 2.39. The number of nitrogens with two attached hydrogens (primary N) is 1. The molecule has 1 saturated heterocycles. The van der Waals surface area contributed by atoms with Gasteiger partial charge in [0.05, 0.1) is 0 Å². The summed E-state index contributed by atoms with van der Waals surface area (Å²) >= 11 is 0. The molecule has 1 aliphatic heterocycles. The molecule has 1 amide bonds. The molecule has 1 aliphatic rings. The fourth-order valence-corrected chi connectivity index (χ4v) is 3.39. The van der Waals surface area contributed by atoms with Crippen LogP contribution in [0.4, 0.5) is 0 Å². The molecule has 0 spiro atoms. The maximum absolute atomic E-state index is 12.2. The third kappa shape index (κ3) is 5.54. The summed E-state index contributed by atoms with van der Waals surface area (Å²) in [7, 11) is 2.17. The van der Waals surface area contributed by atoms with Gasteiger partial charge in [-0.1, -0.05) is 26.7 Å². The minimum atomic E-state index is 0.142. The van der Waals surface area contributed by atoms with E-state index in [-0.39, 0.29) is 11.4 Å². The van der Waals surface area contributed by atoms with Crippen molar-refractivity contribution in [3.63, 3.8) is 0 Å². The standard InChI is InChI=1S/C18H37N3O/c1-6-9-15(19)10-7-8-11-17(22)20-16-12-13-21(5)18(3,4)14(16)2/h14-16H,6-13,19H2,1-5H3,(H,20,22). The number of unbranched alkanes of at least 4 members (excludes halogenated alkanes) is 1. The summed E-state index contributed by atoms with van der Waals surface area (Å²) in [4.78, 5) is 14.6. The zero-order valence-electron chi connectivity index (χ0n) is 15.3. The number of rotatable bonds is 8. The minimum Gasteiger partial charge on any atom is -0.353 e. The molecule has 0 aromatic heterocycles. The number of amides is 1. The Morgan fingerprint density at radius 1 is 1.36 bits per heavy atom. The maximum Gasteiger partial charge on any atom is 0.220 e. The van der Waals surface area contributed by atoms with Crippen LogP contribution in [0.2, 0.25) is 0 Å². The minimum absolute atomic E-state index is 0.142. The molecule has 1 heterocycles. The van der Waals surface area contributed by atoms with Crippen LogP contribution in [-0.2, 0) is 4.79 Å². The van der Waals surface area contributed by atoms with E-state index >= 15 is 0 Å². The number of piperidine rings is 1. The quantitative estimate of drug-likeness (QED) is 0.678. The van der Waals surface area contributed by atoms with Gasteiger partial charge >= 0.3 is 0 Å². The van der Waals surface area contributed by atoms with E-state index in [9.17, 15) is 4.79 Å². The van der Waals surface area contributed by atoms with E-state index in [0.717, 1.165) is 45.1 Å². The van der Waals surface area contributed by atoms with Crippen LogP contribution in [0.15, 0.2) is 0 Å². The van der Waals surface area contributed by atoms with E-state index in [2.05, 4.69) is 45.0 Å². The van der Waals surface area contributed by atoms with Gasteiger partial charge in [0.15, 0.2) is 0 Å². The highest BCUT2D eigenvalue weighted by Crippen LogP contribution is 2.31. The summed E-state index contributed by atoms with van der Waals surface area (Å²) in [5, 5.41) is 3.26. The Morgan fingerprint density at radius 2 is 2.05 bits per heavy atom. The van der Waals surface area contributed by atoms with E-state index in [4.69, 9.17) is 5.73 Å². The monoisotopic (exact) mass is 311 g/mol. The lowest BCUT2D eigenvalue weighted by atomic mass is 9.77. The Balaban J connectivity index is 2.28. The number of carbonyl (C=O) groups excluding carboxylic acids is 1. The fraction of sp³-hybridized carbons (Fsp3) is 0.944. The highest BCUT2D eigenvalue weighted by atomic mass is 16.1. The molecule has 3 N–H and O–H groups in total. The summed E-state index contributed by atoms with van der Waals surface area (Å²) in [5.74, 6) is 0.675. The largest absolute Gasteiger partial charge is 0.353 e. The van der Waals surface area contributed by atoms with E-state index in [1.165, 1.54) is 0 Å². The fourth-order valence-electron chi connectivity index (χ4n) is 3.39. The van der Waals surface area contributed by atoms with Gasteiger partial charge in [0, 0.05) is 30.6 Å². The average molecular weight is 312 g/mol. The first-order valence-corrected chi connectivity index (χ1v) is 9.05. The Bertz CT molecular complexity index is 343. The summed E-state index contributed by atoms with van der Waals surface area (Å²) in [5.41, 5.74) is 6.15. The molecule has 4 nitrogen and oxygen atoms in total. The van der Waals surface area contributed by atoms with E-state index in [1.54, 1.807) is 0 Å². The van der Waals surface area contributed by atoms with Gasteiger partial charge in [-0.05, 0) is 52.5 Å². The van der Waals surface area contributed by atoms with Crippen LogP contribution in [-0.4, -0.2) is 42.0 Å². The number of hydrogen-bond donors (Lipinski definition) is 2. The normalized spacial score (nSPS) is 26.6. The van der Waals surface area contributed by atoms with Crippen LogP contribution in [0.1, 0.15) is 72.6 Å². The summed E-state index contributed by atoms with van der Waals surface area (Å²) < 4.78 is 0. The molecule has 3 unspecified atom stereocenters. The lowest BCUT2D eigenvalue weighted by molar-refractivity contribution is -0.123. The van der Waals surface area contributed by atoms with Crippen molar-refractivity contribution in [3.05, 3.63) is 0 Å². The Labute approximate surface area is 137 Å². The first-order valence-electron chi connectivity index (χ1n) is 9.05. The number of likely N-dealkylation sites (tertiary alicyclic amines) is 1. The predicted octanol–water partition coefficient (Wildman–Crippen LogP) is 2.91. The van der Waals surface area contributed by atoms with Gasteiger partial charge in [0.2, 0.25) is 5.91 Å². The number of hydrogen-bond acceptors (Lipinski definition) is 3. The van der Waals surface area contributed by atoms with Crippen molar-refractivity contribution in [3.8, 4) is 0 Å². The first-order chi connectivity index (χ1) is 10.3. The third-order valence-corrected chi connectivity index (χ3v) is 5.71. The predicted molar refractivity (Wildman–Crippen MR) is 93.8 cm³/mol. The second-order valence-electron chi connectivity index (χ2n) is 7.62. The van der Waals surface area contributed by atoms with Crippen molar-refractivity contribution < 1.29 is 4.79 Å². The van der Waals surface area contributed by atoms with Crippen LogP contribution < -0.4 is 11.1 Å². The molecule has 1 rings (SSSR count). The van der Waals surface area contributed by atoms with E-state index in [0.29, 0.717) is 24.4 Å². The molecule has 1 fully saturated rings. The molecule has 3 atom stereocenters. The smallest absolute Gasteiger partial charge is 0.220 e. The molecular weight excluding hydrogens is 274 g/mol. The van der Waals surface area contributed by atoms with Crippen molar-refractivity contribution >= 4 is 5.91 Å². The molecule has 0 aliphatic carbocycles. The topological polar surface area (TPSA) is 58.4 Å². The van der Waals surface area contributed by atoms with Crippen LogP contribution >= 0.6 is 0 Å². The van der Waals surface area contributed by atoms with Gasteiger partial charge in [-0.2, -0.15) is 0 Å². The van der Waals surface area contributed by atoms with Crippen LogP contribution in [0.3, 0.4) is 0 Å². The summed E-state index contributed by atoms with van der Waals surface area (Å²) in [6, 6.07) is 0.615. The number of carbonyl (C=O) groups is 1. The molecule has 0 saturated carbocycles. The average Bonchev–Trinajstić information content (AvgIpc) is 2.45. The Morgan fingerprint density at radius 3 is 2.68 bits per heavy atom. The van der Waals surface area contributed by atoms with Crippen LogP contribution in [0, 0.1) is 5.92 Å². The summed E-state index contributed by atoms with van der Waals surface area (Å²) in [6.45, 7) is 10.0. The van der Waals surface area contributed by atoms with Crippen molar-refractivity contribution in [2.75, 3.05) is 13.6 Å². The van der Waals surface area contributed by atoms with Gasteiger partial charge in [-0.25, -0.2) is 0 Å². The summed E-state index contributed by atoms with van der Waals surface area (Å²) in [6.07, 6.45) is 6.97. The maximum atomic E-state index is 12.2. The molecule has 0 aromatic rings. The Hall–Kier alpha value is -0.610. The van der Waals surface area contributed by atoms with Gasteiger partial charge < -0.3 is 16.0 Å². The zero-order chi connectivity index (χ0) is 16.8. The SMILES string of the molecule is CCCC(N)CCCCC(=O)NC1CCN(C)C(C)(C)C1C. The van der Waals surface area contributed by atoms with E-state index < -0.39 is 0 Å². The highest BCUT2D eigenvalue weighted by molar-refractivity contribution is 5.76. The van der Waals surface area contributed by atoms with Crippen molar-refractivity contribution in [2.24, 2.45) is 11.7 Å². The van der Waals surface area contributed by atoms with Gasteiger partial charge in [0.1, 0.15) is 0 Å². The van der Waals surface area contributed by atoms with Crippen LogP contribution in [0.5, 0.6) is 0 Å². The lowest BCUT2D eigenvalue weighted by Crippen LogP contribution is -2.59. The Kier molecular flexibility index (Phi) is 7.84. The van der Waals surface area contributed by atoms with Gasteiger partial charge in [-0.3, -0.25) is 4.79 Å². The molecular formula is C18H37N3O. The second-order valence-corrected chi connectivity index (χ2v) is 7.62. The van der Waals surface area contributed by atoms with Gasteiger partial charge in [0.25, 0.3) is 0 Å². The first kappa shape index (κ1) is 19.4. The number of nitrogens with one attached hydrogen (secondary N) is 1. The molecule has 130 valence electrons. The second kappa shape index (κ2) is 8.88. The number of nitrogens with zero attached hydrogens (tertiary/aromatic N) is 1. The molecule has 0 bridgehead atoms. The van der Waals surface area contributed by atoms with E-state index in [1.807, 2.05) is 0 Å². The molecule has 4 heteroatoms. The molecule has 0 radical (unpaired) electrons. The van der Waals surface area contributed by atoms with Crippen molar-refractivity contribution in [2.45, 2.75) is 90.3 Å². The molecule has 22 heavy (non-hydrogen) atoms. The zero-order valence-corrected chi connectivity index (χ0v) is 15.3.